The molecule has 0 saturated carbocycles. The fourth-order valence-electron chi connectivity index (χ4n) is 3.39. The molecule has 0 radical (unpaired) electrons. The van der Waals surface area contributed by atoms with Gasteiger partial charge in [-0.25, -0.2) is 4.39 Å². The normalized spacial score (nSPS) is 11.2. The number of nitrogens with zero attached hydrogens (tertiary/aromatic N) is 2. The van der Waals surface area contributed by atoms with E-state index in [4.69, 9.17) is 0 Å². The molecule has 0 unspecified atom stereocenters. The number of para-hydroxylation sites is 2. The van der Waals surface area contributed by atoms with Gasteiger partial charge in [0.05, 0.1) is 5.69 Å². The van der Waals surface area contributed by atoms with Gasteiger partial charge >= 0.3 is 0 Å². The Hall–Kier alpha value is -3.65. The van der Waals surface area contributed by atoms with Crippen LogP contribution in [0.2, 0.25) is 0 Å². The molecule has 0 fully saturated rings. The molecule has 0 aliphatic rings. The van der Waals surface area contributed by atoms with Gasteiger partial charge in [-0.1, -0.05) is 37.3 Å². The van der Waals surface area contributed by atoms with E-state index < -0.39 is 11.7 Å². The van der Waals surface area contributed by atoms with Crippen LogP contribution in [0.4, 0.5) is 10.1 Å². The Morgan fingerprint density at radius 1 is 1.17 bits per heavy atom. The SMILES string of the molecule is CCc1ccccc1-n1c(C)cc(/C=C(\C#N)C(=O)Nc2ccccc2F)c1C. The van der Waals surface area contributed by atoms with Gasteiger partial charge in [-0.05, 0) is 61.7 Å². The van der Waals surface area contributed by atoms with Gasteiger partial charge in [0, 0.05) is 17.1 Å². The van der Waals surface area contributed by atoms with Gasteiger partial charge < -0.3 is 9.88 Å². The highest BCUT2D eigenvalue weighted by atomic mass is 19.1. The van der Waals surface area contributed by atoms with Crippen molar-refractivity contribution in [2.24, 2.45) is 0 Å². The Balaban J connectivity index is 1.98. The standard InChI is InChI=1S/C24H22FN3O/c1-4-18-9-5-8-12-23(18)28-16(2)13-19(17(28)3)14-20(15-26)24(29)27-22-11-7-6-10-21(22)25/h5-14H,4H2,1-3H3,(H,27,29)/b20-14+. The highest BCUT2D eigenvalue weighted by Crippen LogP contribution is 2.25. The summed E-state index contributed by atoms with van der Waals surface area (Å²) >= 11 is 0. The molecule has 1 amide bonds. The maximum atomic E-state index is 13.8. The van der Waals surface area contributed by atoms with Crippen LogP contribution in [-0.4, -0.2) is 10.5 Å². The van der Waals surface area contributed by atoms with Crippen LogP contribution in [0.15, 0.2) is 60.2 Å². The van der Waals surface area contributed by atoms with E-state index in [-0.39, 0.29) is 11.3 Å². The quantitative estimate of drug-likeness (QED) is 0.474. The first-order chi connectivity index (χ1) is 14.0. The summed E-state index contributed by atoms with van der Waals surface area (Å²) in [7, 11) is 0. The highest BCUT2D eigenvalue weighted by molar-refractivity contribution is 6.09. The number of nitrogens with one attached hydrogen (secondary N) is 1. The number of anilines is 1. The third-order valence-corrected chi connectivity index (χ3v) is 4.87. The largest absolute Gasteiger partial charge is 0.319 e. The maximum Gasteiger partial charge on any atom is 0.266 e. The zero-order valence-electron chi connectivity index (χ0n) is 16.7. The molecule has 0 spiro atoms. The fourth-order valence-corrected chi connectivity index (χ4v) is 3.39. The second-order valence-corrected chi connectivity index (χ2v) is 6.75. The van der Waals surface area contributed by atoms with E-state index in [0.29, 0.717) is 0 Å². The van der Waals surface area contributed by atoms with Crippen molar-refractivity contribution in [1.82, 2.24) is 4.57 Å². The predicted molar refractivity (Wildman–Crippen MR) is 113 cm³/mol. The van der Waals surface area contributed by atoms with E-state index in [2.05, 4.69) is 28.9 Å². The minimum atomic E-state index is -0.642. The minimum absolute atomic E-state index is 0.0426. The van der Waals surface area contributed by atoms with Crippen molar-refractivity contribution in [3.63, 3.8) is 0 Å². The van der Waals surface area contributed by atoms with Crippen LogP contribution in [0.25, 0.3) is 11.8 Å². The molecule has 1 aromatic heterocycles. The summed E-state index contributed by atoms with van der Waals surface area (Å²) in [6, 6.07) is 17.9. The van der Waals surface area contributed by atoms with E-state index in [9.17, 15) is 14.4 Å². The van der Waals surface area contributed by atoms with Gasteiger partial charge in [-0.15, -0.1) is 0 Å². The second kappa shape index (κ2) is 8.57. The number of halogens is 1. The number of benzene rings is 2. The van der Waals surface area contributed by atoms with Gasteiger partial charge in [-0.3, -0.25) is 4.79 Å². The molecule has 0 aliphatic heterocycles. The van der Waals surface area contributed by atoms with Crippen molar-refractivity contribution in [2.45, 2.75) is 27.2 Å². The molecule has 146 valence electrons. The summed E-state index contributed by atoms with van der Waals surface area (Å²) in [6.45, 7) is 6.05. The number of carbonyl (C=O) groups is 1. The number of nitriles is 1. The molecular weight excluding hydrogens is 365 g/mol. The number of carbonyl (C=O) groups excluding carboxylic acids is 1. The van der Waals surface area contributed by atoms with E-state index in [1.165, 1.54) is 23.8 Å². The summed E-state index contributed by atoms with van der Waals surface area (Å²) < 4.78 is 15.9. The third kappa shape index (κ3) is 4.12. The van der Waals surface area contributed by atoms with Gasteiger partial charge in [-0.2, -0.15) is 5.26 Å². The van der Waals surface area contributed by atoms with E-state index in [1.54, 1.807) is 12.1 Å². The Labute approximate surface area is 169 Å². The average molecular weight is 387 g/mol. The molecule has 1 heterocycles. The first kappa shape index (κ1) is 20.1. The van der Waals surface area contributed by atoms with Crippen molar-refractivity contribution >= 4 is 17.7 Å². The maximum absolute atomic E-state index is 13.8. The van der Waals surface area contributed by atoms with E-state index >= 15 is 0 Å². The van der Waals surface area contributed by atoms with E-state index in [1.807, 2.05) is 38.1 Å². The van der Waals surface area contributed by atoms with Crippen LogP contribution in [0, 0.1) is 31.0 Å². The Kier molecular flexibility index (Phi) is 5.94. The average Bonchev–Trinajstić information content (AvgIpc) is 3.00. The monoisotopic (exact) mass is 387 g/mol. The lowest BCUT2D eigenvalue weighted by atomic mass is 10.1. The predicted octanol–water partition coefficient (Wildman–Crippen LogP) is 5.34. The molecule has 5 heteroatoms. The van der Waals surface area contributed by atoms with Gasteiger partial charge in [0.1, 0.15) is 17.5 Å². The molecule has 2 aromatic carbocycles. The lowest BCUT2D eigenvalue weighted by Crippen LogP contribution is -2.14. The first-order valence-electron chi connectivity index (χ1n) is 9.41. The van der Waals surface area contributed by atoms with Crippen molar-refractivity contribution in [2.75, 3.05) is 5.32 Å². The van der Waals surface area contributed by atoms with Gasteiger partial charge in [0.2, 0.25) is 0 Å². The first-order valence-corrected chi connectivity index (χ1v) is 9.41. The van der Waals surface area contributed by atoms with Gasteiger partial charge in [0.15, 0.2) is 0 Å². The topological polar surface area (TPSA) is 57.8 Å². The van der Waals surface area contributed by atoms with Crippen LogP contribution >= 0.6 is 0 Å². The summed E-state index contributed by atoms with van der Waals surface area (Å²) in [5.74, 6) is -1.19. The zero-order chi connectivity index (χ0) is 21.0. The Morgan fingerprint density at radius 2 is 1.86 bits per heavy atom. The lowest BCUT2D eigenvalue weighted by Gasteiger charge is -2.14. The Morgan fingerprint density at radius 3 is 2.55 bits per heavy atom. The number of hydrogen-bond acceptors (Lipinski definition) is 2. The van der Waals surface area contributed by atoms with Crippen LogP contribution in [0.1, 0.15) is 29.4 Å². The molecule has 29 heavy (non-hydrogen) atoms. The number of aromatic nitrogens is 1. The molecule has 1 N–H and O–H groups in total. The smallest absolute Gasteiger partial charge is 0.266 e. The van der Waals surface area contributed by atoms with Crippen LogP contribution in [-0.2, 0) is 11.2 Å². The van der Waals surface area contributed by atoms with Crippen molar-refractivity contribution in [3.05, 3.63) is 88.5 Å². The second-order valence-electron chi connectivity index (χ2n) is 6.75. The Bertz CT molecular complexity index is 1140. The van der Waals surface area contributed by atoms with Gasteiger partial charge in [0.25, 0.3) is 5.91 Å². The van der Waals surface area contributed by atoms with Crippen LogP contribution in [0.3, 0.4) is 0 Å². The summed E-state index contributed by atoms with van der Waals surface area (Å²) in [5.41, 5.74) is 4.95. The number of amides is 1. The number of hydrogen-bond donors (Lipinski definition) is 1. The summed E-state index contributed by atoms with van der Waals surface area (Å²) in [4.78, 5) is 12.5. The molecular formula is C24H22FN3O. The van der Waals surface area contributed by atoms with Crippen LogP contribution in [0.5, 0.6) is 0 Å². The molecule has 0 atom stereocenters. The van der Waals surface area contributed by atoms with Crippen molar-refractivity contribution < 1.29 is 9.18 Å². The highest BCUT2D eigenvalue weighted by Gasteiger charge is 2.16. The fraction of sp³-hybridized carbons (Fsp3) is 0.167. The van der Waals surface area contributed by atoms with Crippen LogP contribution < -0.4 is 5.32 Å². The van der Waals surface area contributed by atoms with E-state index in [0.717, 1.165) is 29.1 Å². The van der Waals surface area contributed by atoms with Crippen molar-refractivity contribution in [3.8, 4) is 11.8 Å². The summed E-state index contributed by atoms with van der Waals surface area (Å²) in [5, 5.41) is 12.0. The van der Waals surface area contributed by atoms with Crippen molar-refractivity contribution in [1.29, 1.82) is 5.26 Å². The molecule has 0 aliphatic carbocycles. The zero-order valence-corrected chi connectivity index (χ0v) is 16.7. The number of aryl methyl sites for hydroxylation is 2. The molecule has 3 aromatic rings. The summed E-state index contributed by atoms with van der Waals surface area (Å²) in [6.07, 6.45) is 2.44. The molecule has 0 bridgehead atoms. The third-order valence-electron chi connectivity index (χ3n) is 4.87. The molecule has 4 nitrogen and oxygen atoms in total. The minimum Gasteiger partial charge on any atom is -0.319 e. The number of rotatable bonds is 5. The molecule has 0 saturated heterocycles. The molecule has 3 rings (SSSR count). The lowest BCUT2D eigenvalue weighted by molar-refractivity contribution is -0.112.